The Labute approximate surface area is 256 Å². The van der Waals surface area contributed by atoms with Crippen LogP contribution in [0.5, 0.6) is 0 Å². The summed E-state index contributed by atoms with van der Waals surface area (Å²) in [6.45, 7) is 11.0. The van der Waals surface area contributed by atoms with E-state index >= 15 is 0 Å². The Bertz CT molecular complexity index is 1970. The summed E-state index contributed by atoms with van der Waals surface area (Å²) in [4.78, 5) is 35.6. The van der Waals surface area contributed by atoms with Crippen molar-refractivity contribution in [3.8, 4) is 22.8 Å². The number of hydrogen-bond acceptors (Lipinski definition) is 5. The van der Waals surface area contributed by atoms with Crippen LogP contribution in [0.3, 0.4) is 0 Å². The lowest BCUT2D eigenvalue weighted by atomic mass is 10.2. The topological polar surface area (TPSA) is 104 Å². The summed E-state index contributed by atoms with van der Waals surface area (Å²) >= 11 is 0. The molecule has 0 bridgehead atoms. The first kappa shape index (κ1) is 31.0. The Kier molecular flexibility index (Phi) is 7.99. The average Bonchev–Trinajstić information content (AvgIpc) is 3.69. The quantitative estimate of drug-likeness (QED) is 0.181. The molecule has 14 heteroatoms. The fourth-order valence-corrected chi connectivity index (χ4v) is 4.95. The molecule has 11 nitrogen and oxygen atoms in total. The number of nitrogens with zero attached hydrogens (tertiary/aromatic N) is 7. The average molecular weight is 620 g/mol. The van der Waals surface area contributed by atoms with E-state index in [1.165, 1.54) is 29.9 Å². The number of aromatic nitrogens is 5. The van der Waals surface area contributed by atoms with Crippen molar-refractivity contribution in [1.29, 1.82) is 0 Å². The van der Waals surface area contributed by atoms with E-state index in [9.17, 15) is 22.8 Å². The van der Waals surface area contributed by atoms with Gasteiger partial charge >= 0.3 is 17.9 Å². The van der Waals surface area contributed by atoms with Crippen LogP contribution in [-0.2, 0) is 12.7 Å². The number of carbonyl (C=O) groups is 1. The van der Waals surface area contributed by atoms with E-state index in [0.717, 1.165) is 21.3 Å². The second-order valence-corrected chi connectivity index (χ2v) is 11.5. The highest BCUT2D eigenvalue weighted by Crippen LogP contribution is 2.32. The highest BCUT2D eigenvalue weighted by atomic mass is 19.4. The molecule has 3 aromatic heterocycles. The SMILES string of the molecule is [C-]#[N+]c1ccc(-n2nccc2-c2c(C)n(-c3cccc(C(F)(F)F)c3)c(=O)n2C(=O)N[C@@H](C)c2ncc(C[N+](C)(C)C)o2)cc1. The Morgan fingerprint density at radius 2 is 1.82 bits per heavy atom. The molecule has 0 aliphatic carbocycles. The number of carbonyl (C=O) groups excluding carboxylic acids is 1. The Morgan fingerprint density at radius 3 is 2.47 bits per heavy atom. The molecule has 0 aliphatic heterocycles. The van der Waals surface area contributed by atoms with Crippen molar-refractivity contribution in [3.05, 3.63) is 112 Å². The molecule has 45 heavy (non-hydrogen) atoms. The van der Waals surface area contributed by atoms with E-state index in [0.29, 0.717) is 33.9 Å². The number of benzene rings is 2. The van der Waals surface area contributed by atoms with Gasteiger partial charge in [-0.25, -0.2) is 28.7 Å². The van der Waals surface area contributed by atoms with Gasteiger partial charge in [-0.2, -0.15) is 18.3 Å². The van der Waals surface area contributed by atoms with E-state index in [1.807, 2.05) is 21.1 Å². The molecule has 1 N–H and O–H groups in total. The highest BCUT2D eigenvalue weighted by molar-refractivity contribution is 5.83. The van der Waals surface area contributed by atoms with Crippen LogP contribution in [0.15, 0.2) is 76.2 Å². The zero-order valence-corrected chi connectivity index (χ0v) is 25.1. The molecular formula is C31H30F3N8O3+. The third-order valence-electron chi connectivity index (χ3n) is 6.94. The lowest BCUT2D eigenvalue weighted by Gasteiger charge is -2.21. The summed E-state index contributed by atoms with van der Waals surface area (Å²) in [6.07, 6.45) is -1.61. The normalized spacial score (nSPS) is 12.6. The first-order valence-electron chi connectivity index (χ1n) is 13.8. The van der Waals surface area contributed by atoms with E-state index in [-0.39, 0.29) is 23.0 Å². The molecule has 1 amide bonds. The Hall–Kier alpha value is -5.42. The van der Waals surface area contributed by atoms with Crippen molar-refractivity contribution in [1.82, 2.24) is 29.2 Å². The van der Waals surface area contributed by atoms with E-state index in [2.05, 4.69) is 20.2 Å². The minimum atomic E-state index is -4.65. The summed E-state index contributed by atoms with van der Waals surface area (Å²) in [6, 6.07) is 10.8. The van der Waals surface area contributed by atoms with Crippen LogP contribution in [-0.4, -0.2) is 55.6 Å². The number of rotatable bonds is 7. The molecule has 5 aromatic rings. The maximum atomic E-state index is 14.0. The number of oxazole rings is 1. The minimum absolute atomic E-state index is 0.0710. The lowest BCUT2D eigenvalue weighted by molar-refractivity contribution is -0.884. The van der Waals surface area contributed by atoms with Crippen molar-refractivity contribution < 1.29 is 26.9 Å². The van der Waals surface area contributed by atoms with Gasteiger partial charge in [-0.3, -0.25) is 4.57 Å². The molecule has 2 aromatic carbocycles. The summed E-state index contributed by atoms with van der Waals surface area (Å²) in [5.74, 6) is 0.830. The lowest BCUT2D eigenvalue weighted by Crippen LogP contribution is -2.38. The fraction of sp³-hybridized carbons (Fsp3) is 0.258. The summed E-state index contributed by atoms with van der Waals surface area (Å²) in [7, 11) is 5.97. The van der Waals surface area contributed by atoms with Gasteiger partial charge < -0.3 is 14.2 Å². The minimum Gasteiger partial charge on any atom is -0.437 e. The molecule has 0 saturated heterocycles. The molecule has 3 heterocycles. The van der Waals surface area contributed by atoms with Gasteiger partial charge in [0.25, 0.3) is 0 Å². The van der Waals surface area contributed by atoms with Crippen LogP contribution in [0.2, 0.25) is 0 Å². The van der Waals surface area contributed by atoms with Crippen LogP contribution in [0.1, 0.15) is 35.9 Å². The van der Waals surface area contributed by atoms with Gasteiger partial charge in [0.05, 0.1) is 68.4 Å². The molecular weight excluding hydrogens is 589 g/mol. The number of nitrogens with one attached hydrogen (secondary N) is 1. The van der Waals surface area contributed by atoms with Crippen molar-refractivity contribution >= 4 is 11.7 Å². The van der Waals surface area contributed by atoms with Crippen LogP contribution >= 0.6 is 0 Å². The molecule has 232 valence electrons. The van der Waals surface area contributed by atoms with Gasteiger partial charge in [-0.1, -0.05) is 18.2 Å². The molecule has 0 saturated carbocycles. The van der Waals surface area contributed by atoms with Gasteiger partial charge in [0.15, 0.2) is 11.4 Å². The molecule has 0 unspecified atom stereocenters. The molecule has 0 spiro atoms. The fourth-order valence-electron chi connectivity index (χ4n) is 4.95. The zero-order chi connectivity index (χ0) is 32.7. The van der Waals surface area contributed by atoms with E-state index in [1.54, 1.807) is 43.5 Å². The Morgan fingerprint density at radius 1 is 1.11 bits per heavy atom. The second-order valence-electron chi connectivity index (χ2n) is 11.5. The predicted octanol–water partition coefficient (Wildman–Crippen LogP) is 5.88. The van der Waals surface area contributed by atoms with Crippen LogP contribution in [0.4, 0.5) is 23.7 Å². The highest BCUT2D eigenvalue weighted by Gasteiger charge is 2.32. The van der Waals surface area contributed by atoms with E-state index < -0.39 is 29.5 Å². The third kappa shape index (κ3) is 6.29. The summed E-state index contributed by atoms with van der Waals surface area (Å²) < 4.78 is 50.7. The van der Waals surface area contributed by atoms with Gasteiger partial charge in [0.1, 0.15) is 18.3 Å². The van der Waals surface area contributed by atoms with Crippen molar-refractivity contribution in [2.75, 3.05) is 21.1 Å². The second kappa shape index (κ2) is 11.6. The number of amides is 1. The number of halogens is 3. The van der Waals surface area contributed by atoms with E-state index in [4.69, 9.17) is 11.0 Å². The predicted molar refractivity (Wildman–Crippen MR) is 159 cm³/mol. The monoisotopic (exact) mass is 619 g/mol. The Balaban J connectivity index is 1.63. The summed E-state index contributed by atoms with van der Waals surface area (Å²) in [5, 5.41) is 7.11. The van der Waals surface area contributed by atoms with Gasteiger partial charge in [0, 0.05) is 0 Å². The zero-order valence-electron chi connectivity index (χ0n) is 25.1. The van der Waals surface area contributed by atoms with Crippen LogP contribution in [0, 0.1) is 13.5 Å². The maximum Gasteiger partial charge on any atom is 0.416 e. The first-order valence-corrected chi connectivity index (χ1v) is 13.8. The maximum absolute atomic E-state index is 14.0. The number of imidazole rings is 1. The molecule has 0 aliphatic rings. The van der Waals surface area contributed by atoms with Crippen molar-refractivity contribution in [2.45, 2.75) is 32.6 Å². The molecule has 5 rings (SSSR count). The number of hydrogen-bond donors (Lipinski definition) is 1. The van der Waals surface area contributed by atoms with Crippen LogP contribution in [0.25, 0.3) is 27.6 Å². The largest absolute Gasteiger partial charge is 0.437 e. The molecule has 0 fully saturated rings. The number of alkyl halides is 3. The van der Waals surface area contributed by atoms with Crippen molar-refractivity contribution in [2.24, 2.45) is 0 Å². The first-order chi connectivity index (χ1) is 21.2. The number of quaternary nitrogens is 1. The van der Waals surface area contributed by atoms with Crippen LogP contribution < -0.4 is 11.0 Å². The smallest absolute Gasteiger partial charge is 0.416 e. The van der Waals surface area contributed by atoms with Gasteiger partial charge in [-0.15, -0.1) is 0 Å². The van der Waals surface area contributed by atoms with Gasteiger partial charge in [-0.05, 0) is 50.2 Å². The summed E-state index contributed by atoms with van der Waals surface area (Å²) in [5.41, 5.74) is -0.354. The van der Waals surface area contributed by atoms with Gasteiger partial charge in [0.2, 0.25) is 5.89 Å². The standard InChI is InChI=1S/C31H29F3N8O3/c1-19(28-36-17-25(45-28)18-42(4,5)6)38-29(43)40-27(26-14-15-37-41(26)23-12-10-22(35-3)11-13-23)20(2)39(30(40)44)24-9-7-8-21(16-24)31(32,33)34/h7-17,19H,18H2,1-2,4-6H3/p+1/t19-/m0/s1. The molecule has 0 radical (unpaired) electrons. The molecule has 1 atom stereocenters. The van der Waals surface area contributed by atoms with Crippen molar-refractivity contribution in [3.63, 3.8) is 0 Å². The third-order valence-corrected chi connectivity index (χ3v) is 6.94.